The minimum absolute atomic E-state index is 0.0256. The minimum atomic E-state index is -0.155. The van der Waals surface area contributed by atoms with Gasteiger partial charge in [0.25, 0.3) is 5.91 Å². The zero-order chi connectivity index (χ0) is 24.4. The molecule has 3 aromatic carbocycles. The molecule has 35 heavy (non-hydrogen) atoms. The van der Waals surface area contributed by atoms with E-state index in [9.17, 15) is 9.59 Å². The van der Waals surface area contributed by atoms with Crippen molar-refractivity contribution >= 4 is 34.3 Å². The molecule has 1 aliphatic heterocycles. The molecule has 0 radical (unpaired) electrons. The highest BCUT2D eigenvalue weighted by Gasteiger charge is 2.44. The van der Waals surface area contributed by atoms with E-state index in [2.05, 4.69) is 39.7 Å². The number of Topliss-reactive ketones (excluding diaryl/α,β-unsaturated/α-hetero) is 1. The summed E-state index contributed by atoms with van der Waals surface area (Å²) in [4.78, 5) is 26.3. The standard InChI is InChI=1S/C29H25IN2O3/c1-20(33)23-10-7-11-24(16-23)27-17-28(22-8-3-2-4-9-22)32(31(27)18-21-14-15-35-19-21)29(34)25-12-5-6-13-26(25)30/h2-16,19,27-28H,17-18H2,1H3/t27-,28+/m1/s1. The van der Waals surface area contributed by atoms with Crippen LogP contribution in [0.5, 0.6) is 0 Å². The van der Waals surface area contributed by atoms with Gasteiger partial charge in [0.2, 0.25) is 0 Å². The summed E-state index contributed by atoms with van der Waals surface area (Å²) in [6.45, 7) is 2.08. The molecule has 1 aliphatic rings. The van der Waals surface area contributed by atoms with Crippen molar-refractivity contribution in [1.82, 2.24) is 10.0 Å². The summed E-state index contributed by atoms with van der Waals surface area (Å²) in [5, 5.41) is 4.04. The Morgan fingerprint density at radius 2 is 1.66 bits per heavy atom. The molecule has 2 atom stereocenters. The van der Waals surface area contributed by atoms with Gasteiger partial charge in [-0.25, -0.2) is 5.01 Å². The van der Waals surface area contributed by atoms with Gasteiger partial charge < -0.3 is 4.42 Å². The van der Waals surface area contributed by atoms with Gasteiger partial charge >= 0.3 is 0 Å². The molecule has 1 fully saturated rings. The first-order chi connectivity index (χ1) is 17.0. The number of hydrogen-bond donors (Lipinski definition) is 0. The number of amides is 1. The van der Waals surface area contributed by atoms with E-state index in [0.29, 0.717) is 24.1 Å². The van der Waals surface area contributed by atoms with Crippen LogP contribution in [0.1, 0.15) is 62.8 Å². The van der Waals surface area contributed by atoms with E-state index in [0.717, 1.165) is 20.3 Å². The van der Waals surface area contributed by atoms with E-state index >= 15 is 0 Å². The van der Waals surface area contributed by atoms with Crippen molar-refractivity contribution in [3.05, 3.63) is 129 Å². The van der Waals surface area contributed by atoms with E-state index in [1.54, 1.807) is 19.5 Å². The molecule has 6 heteroatoms. The molecule has 5 nitrogen and oxygen atoms in total. The van der Waals surface area contributed by atoms with Crippen LogP contribution in [-0.2, 0) is 6.54 Å². The van der Waals surface area contributed by atoms with E-state index in [1.807, 2.05) is 77.8 Å². The number of hydrazine groups is 1. The number of rotatable bonds is 6. The van der Waals surface area contributed by atoms with Crippen molar-refractivity contribution in [2.75, 3.05) is 0 Å². The van der Waals surface area contributed by atoms with Gasteiger partial charge in [0.05, 0.1) is 30.2 Å². The second kappa shape index (κ2) is 10.2. The number of carbonyl (C=O) groups is 2. The highest BCUT2D eigenvalue weighted by atomic mass is 127. The first-order valence-electron chi connectivity index (χ1n) is 11.5. The molecule has 0 bridgehead atoms. The minimum Gasteiger partial charge on any atom is -0.472 e. The van der Waals surface area contributed by atoms with Gasteiger partial charge in [0.15, 0.2) is 5.78 Å². The van der Waals surface area contributed by atoms with Gasteiger partial charge in [-0.05, 0) is 71.3 Å². The van der Waals surface area contributed by atoms with Crippen LogP contribution in [0.2, 0.25) is 0 Å². The zero-order valence-electron chi connectivity index (χ0n) is 19.3. The molecular formula is C29H25IN2O3. The quantitative estimate of drug-likeness (QED) is 0.187. The molecule has 0 N–H and O–H groups in total. The van der Waals surface area contributed by atoms with Crippen LogP contribution in [0.15, 0.2) is 102 Å². The van der Waals surface area contributed by atoms with Crippen LogP contribution in [0, 0.1) is 3.57 Å². The maximum Gasteiger partial charge on any atom is 0.269 e. The van der Waals surface area contributed by atoms with Crippen LogP contribution >= 0.6 is 22.6 Å². The molecule has 1 saturated heterocycles. The predicted octanol–water partition coefficient (Wildman–Crippen LogP) is 6.83. The Morgan fingerprint density at radius 3 is 2.37 bits per heavy atom. The van der Waals surface area contributed by atoms with Gasteiger partial charge in [0.1, 0.15) is 0 Å². The van der Waals surface area contributed by atoms with Crippen LogP contribution in [0.25, 0.3) is 0 Å². The van der Waals surface area contributed by atoms with Gasteiger partial charge in [-0.1, -0.05) is 60.7 Å². The Morgan fingerprint density at radius 1 is 0.914 bits per heavy atom. The summed E-state index contributed by atoms with van der Waals surface area (Å²) < 4.78 is 6.26. The Kier molecular flexibility index (Phi) is 6.83. The number of furan rings is 1. The number of benzene rings is 3. The van der Waals surface area contributed by atoms with Crippen LogP contribution in [0.4, 0.5) is 0 Å². The topological polar surface area (TPSA) is 53.8 Å². The van der Waals surface area contributed by atoms with Gasteiger partial charge in [-0.2, -0.15) is 0 Å². The molecule has 0 saturated carbocycles. The molecule has 176 valence electrons. The van der Waals surface area contributed by atoms with Crippen molar-refractivity contribution in [3.63, 3.8) is 0 Å². The summed E-state index contributed by atoms with van der Waals surface area (Å²) in [5.41, 5.74) is 4.41. The predicted molar refractivity (Wildman–Crippen MR) is 143 cm³/mol. The largest absolute Gasteiger partial charge is 0.472 e. The number of hydrogen-bond acceptors (Lipinski definition) is 4. The monoisotopic (exact) mass is 576 g/mol. The molecule has 0 aliphatic carbocycles. The van der Waals surface area contributed by atoms with Crippen molar-refractivity contribution < 1.29 is 14.0 Å². The first-order valence-corrected chi connectivity index (χ1v) is 12.6. The zero-order valence-corrected chi connectivity index (χ0v) is 21.5. The normalized spacial score (nSPS) is 18.1. The summed E-state index contributed by atoms with van der Waals surface area (Å²) in [5.74, 6) is -0.0183. The van der Waals surface area contributed by atoms with Crippen LogP contribution in [0.3, 0.4) is 0 Å². The third-order valence-corrected chi connectivity index (χ3v) is 7.42. The lowest BCUT2D eigenvalue weighted by atomic mass is 9.95. The van der Waals surface area contributed by atoms with Gasteiger partial charge in [-0.3, -0.25) is 14.6 Å². The molecule has 0 spiro atoms. The maximum absolute atomic E-state index is 14.1. The fourth-order valence-corrected chi connectivity index (χ4v) is 5.38. The molecule has 4 aromatic rings. The van der Waals surface area contributed by atoms with Crippen molar-refractivity contribution in [2.45, 2.75) is 32.0 Å². The van der Waals surface area contributed by atoms with E-state index in [-0.39, 0.29) is 23.8 Å². The molecule has 1 aromatic heterocycles. The first kappa shape index (κ1) is 23.5. The number of ketones is 1. The fourth-order valence-electron chi connectivity index (χ4n) is 4.76. The number of nitrogens with zero attached hydrogens (tertiary/aromatic N) is 2. The van der Waals surface area contributed by atoms with E-state index < -0.39 is 0 Å². The SMILES string of the molecule is CC(=O)c1cccc([C@H]2C[C@@H](c3ccccc3)N(C(=O)c3ccccc3I)N2Cc2ccoc2)c1. The fraction of sp³-hybridized carbons (Fsp3) is 0.172. The second-order valence-corrected chi connectivity index (χ2v) is 9.88. The Labute approximate surface area is 218 Å². The van der Waals surface area contributed by atoms with E-state index in [1.165, 1.54) is 0 Å². The molecular weight excluding hydrogens is 551 g/mol. The highest BCUT2D eigenvalue weighted by molar-refractivity contribution is 14.1. The van der Waals surface area contributed by atoms with Crippen LogP contribution in [-0.4, -0.2) is 21.7 Å². The molecule has 2 heterocycles. The lowest BCUT2D eigenvalue weighted by molar-refractivity contribution is -0.0187. The third-order valence-electron chi connectivity index (χ3n) is 6.48. The molecule has 1 amide bonds. The lowest BCUT2D eigenvalue weighted by Gasteiger charge is -2.35. The van der Waals surface area contributed by atoms with Gasteiger partial charge in [-0.15, -0.1) is 0 Å². The molecule has 5 rings (SSSR count). The molecule has 0 unspecified atom stereocenters. The number of carbonyl (C=O) groups excluding carboxylic acids is 2. The number of halogens is 1. The Hall–Kier alpha value is -3.23. The van der Waals surface area contributed by atoms with E-state index in [4.69, 9.17) is 4.42 Å². The van der Waals surface area contributed by atoms with Crippen LogP contribution < -0.4 is 0 Å². The summed E-state index contributed by atoms with van der Waals surface area (Å²) in [6.07, 6.45) is 4.07. The van der Waals surface area contributed by atoms with Crippen molar-refractivity contribution in [3.8, 4) is 0 Å². The highest BCUT2D eigenvalue weighted by Crippen LogP contribution is 2.46. The summed E-state index contributed by atoms with van der Waals surface area (Å²) >= 11 is 2.22. The maximum atomic E-state index is 14.1. The average Bonchev–Trinajstić information content (AvgIpc) is 3.53. The lowest BCUT2D eigenvalue weighted by Crippen LogP contribution is -2.43. The third kappa shape index (κ3) is 4.81. The van der Waals surface area contributed by atoms with Crippen molar-refractivity contribution in [1.29, 1.82) is 0 Å². The van der Waals surface area contributed by atoms with Crippen molar-refractivity contribution in [2.24, 2.45) is 0 Å². The Bertz CT molecular complexity index is 1340. The average molecular weight is 576 g/mol. The smallest absolute Gasteiger partial charge is 0.269 e. The summed E-state index contributed by atoms with van der Waals surface area (Å²) in [7, 11) is 0. The summed E-state index contributed by atoms with van der Waals surface area (Å²) in [6, 6.07) is 27.3. The Balaban J connectivity index is 1.64. The van der Waals surface area contributed by atoms with Gasteiger partial charge in [0, 0.05) is 21.2 Å². The second-order valence-electron chi connectivity index (χ2n) is 8.72.